The van der Waals surface area contributed by atoms with Crippen molar-refractivity contribution in [2.75, 3.05) is 13.1 Å². The third-order valence-corrected chi connectivity index (χ3v) is 8.57. The van der Waals surface area contributed by atoms with Gasteiger partial charge in [0.05, 0.1) is 6.04 Å². The van der Waals surface area contributed by atoms with Gasteiger partial charge < -0.3 is 42.1 Å². The van der Waals surface area contributed by atoms with Gasteiger partial charge in [-0.25, -0.2) is 4.79 Å². The number of carboxylic acids is 1. The van der Waals surface area contributed by atoms with Crippen LogP contribution in [0.15, 0.2) is 60.9 Å². The molecule has 9 N–H and O–H groups in total. The first-order valence-electron chi connectivity index (χ1n) is 15.5. The Morgan fingerprint density at radius 1 is 0.867 bits per heavy atom. The molecule has 5 rings (SSSR count). The van der Waals surface area contributed by atoms with Crippen molar-refractivity contribution >= 4 is 45.5 Å². The van der Waals surface area contributed by atoms with Crippen molar-refractivity contribution in [2.45, 2.75) is 69.1 Å². The average Bonchev–Trinajstić information content (AvgIpc) is 3.79. The second-order valence-corrected chi connectivity index (χ2v) is 11.7. The minimum atomic E-state index is -1.08. The number of aliphatic carboxylic acids is 1. The zero-order chi connectivity index (χ0) is 31.9. The normalized spacial score (nSPS) is 16.8. The molecule has 2 aromatic carbocycles. The van der Waals surface area contributed by atoms with Crippen LogP contribution < -0.4 is 22.1 Å². The first-order chi connectivity index (χ1) is 21.8. The Bertz CT molecular complexity index is 1660. The second-order valence-electron chi connectivity index (χ2n) is 11.7. The molecule has 0 radical (unpaired) electrons. The number of amides is 3. The number of carbonyl (C=O) groups excluding carboxylic acids is 3. The van der Waals surface area contributed by atoms with Gasteiger partial charge in [0, 0.05) is 53.6 Å². The van der Waals surface area contributed by atoms with Gasteiger partial charge in [0.1, 0.15) is 18.1 Å². The molecule has 1 fully saturated rings. The van der Waals surface area contributed by atoms with E-state index in [1.807, 2.05) is 48.5 Å². The summed E-state index contributed by atoms with van der Waals surface area (Å²) in [4.78, 5) is 60.9. The van der Waals surface area contributed by atoms with Gasteiger partial charge in [-0.05, 0) is 55.5 Å². The molecule has 1 aliphatic rings. The smallest absolute Gasteiger partial charge is 0.326 e. The number of nitrogens with zero attached hydrogens (tertiary/aromatic N) is 1. The summed E-state index contributed by atoms with van der Waals surface area (Å²) >= 11 is 0. The first kappa shape index (κ1) is 31.7. The molecule has 0 saturated carbocycles. The molecule has 4 aromatic rings. The predicted octanol–water partition coefficient (Wildman–Crippen LogP) is 1.94. The number of likely N-dealkylation sites (tertiary alicyclic amines) is 1. The summed E-state index contributed by atoms with van der Waals surface area (Å²) in [6, 6.07) is 11.3. The topological polar surface area (TPSA) is 199 Å². The summed E-state index contributed by atoms with van der Waals surface area (Å²) < 4.78 is 0. The van der Waals surface area contributed by atoms with E-state index in [2.05, 4.69) is 20.6 Å². The van der Waals surface area contributed by atoms with E-state index >= 15 is 0 Å². The van der Waals surface area contributed by atoms with Crippen LogP contribution in [-0.2, 0) is 32.0 Å². The maximum absolute atomic E-state index is 14.1. The van der Waals surface area contributed by atoms with Crippen LogP contribution >= 0.6 is 0 Å². The second kappa shape index (κ2) is 14.4. The molecule has 0 spiro atoms. The third-order valence-electron chi connectivity index (χ3n) is 8.57. The molecule has 4 atom stereocenters. The largest absolute Gasteiger partial charge is 0.480 e. The van der Waals surface area contributed by atoms with Gasteiger partial charge in [-0.1, -0.05) is 42.8 Å². The molecule has 238 valence electrons. The quantitative estimate of drug-likeness (QED) is 0.105. The summed E-state index contributed by atoms with van der Waals surface area (Å²) in [5, 5.41) is 17.3. The summed E-state index contributed by atoms with van der Waals surface area (Å²) in [5.74, 6) is -2.59. The van der Waals surface area contributed by atoms with Gasteiger partial charge >= 0.3 is 5.97 Å². The lowest BCUT2D eigenvalue weighted by Gasteiger charge is -2.29. The van der Waals surface area contributed by atoms with Crippen LogP contribution in [0.5, 0.6) is 0 Å². The van der Waals surface area contributed by atoms with Gasteiger partial charge in [0.2, 0.25) is 17.7 Å². The molecule has 1 aliphatic heterocycles. The standard InChI is InChI=1S/C33H41N7O5/c34-14-6-5-10-24(35)30(41)38-27(16-20-18-36-25-11-3-1-8-22(20)25)31(42)39-28(32(43)40-15-7-13-29(40)33(44)45)17-21-19-37-26-12-4-2-9-23(21)26/h1-4,8-9,11-12,18-19,24,27-29,36-37H,5-7,10,13-17,34-35H2,(H,38,41)(H,39,42)(H,44,45). The van der Waals surface area contributed by atoms with E-state index in [0.717, 1.165) is 39.4 Å². The van der Waals surface area contributed by atoms with Crippen LogP contribution in [0.2, 0.25) is 0 Å². The fourth-order valence-corrected chi connectivity index (χ4v) is 6.13. The van der Waals surface area contributed by atoms with Crippen molar-refractivity contribution in [3.8, 4) is 0 Å². The fraction of sp³-hybridized carbons (Fsp3) is 0.394. The van der Waals surface area contributed by atoms with Crippen LogP contribution in [0.3, 0.4) is 0 Å². The Morgan fingerprint density at radius 2 is 1.44 bits per heavy atom. The van der Waals surface area contributed by atoms with Crippen LogP contribution in [-0.4, -0.2) is 80.9 Å². The first-order valence-corrected chi connectivity index (χ1v) is 15.5. The van der Waals surface area contributed by atoms with E-state index in [1.54, 1.807) is 12.4 Å². The maximum Gasteiger partial charge on any atom is 0.326 e. The molecule has 0 bridgehead atoms. The van der Waals surface area contributed by atoms with Gasteiger partial charge in [-0.2, -0.15) is 0 Å². The monoisotopic (exact) mass is 615 g/mol. The molecular weight excluding hydrogens is 574 g/mol. The Kier molecular flexibility index (Phi) is 10.2. The number of hydrogen-bond donors (Lipinski definition) is 7. The predicted molar refractivity (Wildman–Crippen MR) is 171 cm³/mol. The molecule has 3 heterocycles. The average molecular weight is 616 g/mol. The fourth-order valence-electron chi connectivity index (χ4n) is 6.13. The van der Waals surface area contributed by atoms with Crippen molar-refractivity contribution in [1.29, 1.82) is 0 Å². The number of carbonyl (C=O) groups is 4. The number of carboxylic acid groups (broad SMARTS) is 1. The highest BCUT2D eigenvalue weighted by atomic mass is 16.4. The van der Waals surface area contributed by atoms with Crippen molar-refractivity contribution < 1.29 is 24.3 Å². The minimum absolute atomic E-state index is 0.129. The minimum Gasteiger partial charge on any atom is -0.480 e. The van der Waals surface area contributed by atoms with Crippen LogP contribution in [0.4, 0.5) is 0 Å². The Balaban J connectivity index is 1.43. The Morgan fingerprint density at radius 3 is 2.04 bits per heavy atom. The summed E-state index contributed by atoms with van der Waals surface area (Å²) in [6.07, 6.45) is 6.58. The van der Waals surface area contributed by atoms with E-state index < -0.39 is 47.9 Å². The third kappa shape index (κ3) is 7.35. The number of nitrogens with two attached hydrogens (primary N) is 2. The zero-order valence-electron chi connectivity index (χ0n) is 25.1. The van der Waals surface area contributed by atoms with Crippen LogP contribution in [0.1, 0.15) is 43.2 Å². The number of para-hydroxylation sites is 2. The van der Waals surface area contributed by atoms with Gasteiger partial charge in [-0.15, -0.1) is 0 Å². The lowest BCUT2D eigenvalue weighted by molar-refractivity contribution is -0.149. The van der Waals surface area contributed by atoms with E-state index in [0.29, 0.717) is 32.2 Å². The molecular formula is C33H41N7O5. The number of benzene rings is 2. The Hall–Kier alpha value is -4.68. The van der Waals surface area contributed by atoms with Crippen molar-refractivity contribution in [2.24, 2.45) is 11.5 Å². The highest BCUT2D eigenvalue weighted by Gasteiger charge is 2.39. The highest BCUT2D eigenvalue weighted by molar-refractivity contribution is 5.95. The molecule has 0 aliphatic carbocycles. The number of aromatic nitrogens is 2. The van der Waals surface area contributed by atoms with Crippen LogP contribution in [0, 0.1) is 0 Å². The number of unbranched alkanes of at least 4 members (excludes halogenated alkanes) is 1. The number of nitrogens with one attached hydrogen (secondary N) is 4. The number of rotatable bonds is 14. The summed E-state index contributed by atoms with van der Waals surface area (Å²) in [5.41, 5.74) is 15.1. The molecule has 2 aromatic heterocycles. The van der Waals surface area contributed by atoms with Crippen molar-refractivity contribution in [1.82, 2.24) is 25.5 Å². The molecule has 45 heavy (non-hydrogen) atoms. The number of H-pyrrole nitrogens is 2. The molecule has 3 amide bonds. The van der Waals surface area contributed by atoms with E-state index in [1.165, 1.54) is 4.90 Å². The van der Waals surface area contributed by atoms with Crippen molar-refractivity contribution in [3.63, 3.8) is 0 Å². The number of aromatic amines is 2. The van der Waals surface area contributed by atoms with Gasteiger partial charge in [0.25, 0.3) is 0 Å². The molecule has 12 heteroatoms. The number of fused-ring (bicyclic) bond motifs is 2. The lowest BCUT2D eigenvalue weighted by Crippen LogP contribution is -2.58. The number of hydrogen-bond acceptors (Lipinski definition) is 6. The zero-order valence-corrected chi connectivity index (χ0v) is 25.1. The summed E-state index contributed by atoms with van der Waals surface area (Å²) in [7, 11) is 0. The highest BCUT2D eigenvalue weighted by Crippen LogP contribution is 2.24. The van der Waals surface area contributed by atoms with Gasteiger partial charge in [0.15, 0.2) is 0 Å². The van der Waals surface area contributed by atoms with Crippen LogP contribution in [0.25, 0.3) is 21.8 Å². The SMILES string of the molecule is NCCCCC(N)C(=O)NC(Cc1c[nH]c2ccccc12)C(=O)NC(Cc1c[nH]c2ccccc12)C(=O)N1CCCC1C(=O)O. The summed E-state index contributed by atoms with van der Waals surface area (Å²) in [6.45, 7) is 0.773. The van der Waals surface area contributed by atoms with E-state index in [4.69, 9.17) is 11.5 Å². The maximum atomic E-state index is 14.1. The van der Waals surface area contributed by atoms with Gasteiger partial charge in [-0.3, -0.25) is 14.4 Å². The van der Waals surface area contributed by atoms with E-state index in [-0.39, 0.29) is 19.4 Å². The molecule has 12 nitrogen and oxygen atoms in total. The van der Waals surface area contributed by atoms with E-state index in [9.17, 15) is 24.3 Å². The Labute approximate surface area is 260 Å². The lowest BCUT2D eigenvalue weighted by atomic mass is 10.0. The molecule has 1 saturated heterocycles. The molecule has 4 unspecified atom stereocenters. The van der Waals surface area contributed by atoms with Crippen molar-refractivity contribution in [3.05, 3.63) is 72.1 Å².